The van der Waals surface area contributed by atoms with E-state index in [1.165, 1.54) is 38.5 Å². The first-order valence-corrected chi connectivity index (χ1v) is 18.8. The predicted octanol–water partition coefficient (Wildman–Crippen LogP) is 3.72. The summed E-state index contributed by atoms with van der Waals surface area (Å²) in [5.74, 6) is 2.44. The highest BCUT2D eigenvalue weighted by atomic mass is 16.6. The first-order chi connectivity index (χ1) is 25.9. The van der Waals surface area contributed by atoms with Crippen LogP contribution >= 0.6 is 0 Å². The molecule has 54 heavy (non-hydrogen) atoms. The number of H-pyrrole nitrogens is 1. The smallest absolute Gasteiger partial charge is 0.405 e. The molecular formula is C38H50N10O6. The SMILES string of the molecule is Cc1cc(O)cc(C)c1CC(NC(=O)C(CCCn1ccnc1N)OC(N)=O)C(=O)N[C@@H](Cc1cnc[nH]1)c1nc(CC23CC4CC(CC(C4)C2)C3)no1. The van der Waals surface area contributed by atoms with Gasteiger partial charge in [0.25, 0.3) is 5.91 Å². The molecule has 0 spiro atoms. The number of imidazole rings is 2. The summed E-state index contributed by atoms with van der Waals surface area (Å²) in [5, 5.41) is 20.5. The number of carbonyl (C=O) groups is 3. The molecule has 0 aliphatic heterocycles. The van der Waals surface area contributed by atoms with Crippen molar-refractivity contribution in [1.82, 2.24) is 40.3 Å². The maximum atomic E-state index is 14.4. The lowest BCUT2D eigenvalue weighted by atomic mass is 9.49. The molecule has 16 heteroatoms. The lowest BCUT2D eigenvalue weighted by Gasteiger charge is -2.56. The number of aryl methyl sites for hydroxylation is 3. The molecule has 3 atom stereocenters. The normalized spacial score (nSPS) is 23.1. The molecule has 4 aliphatic rings. The number of benzene rings is 1. The van der Waals surface area contributed by atoms with Gasteiger partial charge in [0.15, 0.2) is 17.9 Å². The van der Waals surface area contributed by atoms with Crippen LogP contribution in [-0.4, -0.2) is 64.8 Å². The number of nitrogens with zero attached hydrogens (tertiary/aromatic N) is 5. The predicted molar refractivity (Wildman–Crippen MR) is 195 cm³/mol. The van der Waals surface area contributed by atoms with Crippen LogP contribution in [0.5, 0.6) is 5.75 Å². The number of aromatic nitrogens is 6. The van der Waals surface area contributed by atoms with Gasteiger partial charge in [0.05, 0.1) is 6.33 Å². The van der Waals surface area contributed by atoms with Crippen LogP contribution in [0.15, 0.2) is 41.6 Å². The lowest BCUT2D eigenvalue weighted by molar-refractivity contribution is -0.134. The third-order valence-corrected chi connectivity index (χ3v) is 11.7. The van der Waals surface area contributed by atoms with E-state index in [0.29, 0.717) is 24.7 Å². The van der Waals surface area contributed by atoms with Gasteiger partial charge in [-0.25, -0.2) is 14.8 Å². The molecule has 2 unspecified atom stereocenters. The third kappa shape index (κ3) is 8.52. The van der Waals surface area contributed by atoms with Gasteiger partial charge >= 0.3 is 6.09 Å². The van der Waals surface area contributed by atoms with Crippen molar-refractivity contribution in [2.24, 2.45) is 28.9 Å². The fourth-order valence-corrected chi connectivity index (χ4v) is 9.74. The molecule has 0 saturated heterocycles. The Bertz CT molecular complexity index is 1900. The number of nitrogen functional groups attached to an aromatic ring is 1. The van der Waals surface area contributed by atoms with E-state index in [1.807, 2.05) is 13.8 Å². The van der Waals surface area contributed by atoms with Crippen LogP contribution in [0.2, 0.25) is 0 Å². The topological polar surface area (TPSA) is 242 Å². The van der Waals surface area contributed by atoms with Gasteiger partial charge < -0.3 is 46.0 Å². The second-order valence-electron chi connectivity index (χ2n) is 15.9. The van der Waals surface area contributed by atoms with Crippen LogP contribution in [0, 0.1) is 37.0 Å². The molecule has 4 saturated carbocycles. The Morgan fingerprint density at radius 2 is 1.78 bits per heavy atom. The van der Waals surface area contributed by atoms with Crippen molar-refractivity contribution in [1.29, 1.82) is 0 Å². The average Bonchev–Trinajstić information content (AvgIpc) is 3.87. The summed E-state index contributed by atoms with van der Waals surface area (Å²) in [6, 6.07) is 1.31. The Hall–Kier alpha value is -5.41. The van der Waals surface area contributed by atoms with Crippen molar-refractivity contribution >= 4 is 23.9 Å². The highest BCUT2D eigenvalue weighted by molar-refractivity contribution is 5.90. The number of phenolic OH excluding ortho intramolecular Hbond substituents is 1. The summed E-state index contributed by atoms with van der Waals surface area (Å²) >= 11 is 0. The number of nitrogens with one attached hydrogen (secondary N) is 3. The van der Waals surface area contributed by atoms with Crippen LogP contribution in [-0.2, 0) is 40.1 Å². The van der Waals surface area contributed by atoms with Crippen LogP contribution in [0.25, 0.3) is 0 Å². The number of nitrogens with two attached hydrogens (primary N) is 2. The molecule has 16 nitrogen and oxygen atoms in total. The molecule has 3 heterocycles. The maximum absolute atomic E-state index is 14.4. The van der Waals surface area contributed by atoms with Crippen molar-refractivity contribution in [3.63, 3.8) is 0 Å². The number of carbonyl (C=O) groups excluding carboxylic acids is 3. The molecule has 288 valence electrons. The molecule has 8 rings (SSSR count). The van der Waals surface area contributed by atoms with Crippen molar-refractivity contribution in [2.75, 3.05) is 5.73 Å². The van der Waals surface area contributed by atoms with Gasteiger partial charge in [0, 0.05) is 50.1 Å². The lowest BCUT2D eigenvalue weighted by Crippen LogP contribution is -2.52. The number of hydrogen-bond donors (Lipinski definition) is 6. The minimum atomic E-state index is -1.28. The van der Waals surface area contributed by atoms with Crippen LogP contribution < -0.4 is 22.1 Å². The first-order valence-electron chi connectivity index (χ1n) is 18.8. The molecule has 8 N–H and O–H groups in total. The van der Waals surface area contributed by atoms with E-state index in [2.05, 4.69) is 30.7 Å². The zero-order valence-corrected chi connectivity index (χ0v) is 30.8. The number of amides is 3. The second-order valence-corrected chi connectivity index (χ2v) is 15.9. The molecule has 1 aromatic carbocycles. The van der Waals surface area contributed by atoms with Gasteiger partial charge in [-0.1, -0.05) is 5.16 Å². The minimum Gasteiger partial charge on any atom is -0.508 e. The Morgan fingerprint density at radius 1 is 1.07 bits per heavy atom. The quantitative estimate of drug-likeness (QED) is 0.0966. The molecule has 4 aromatic rings. The van der Waals surface area contributed by atoms with Crippen LogP contribution in [0.4, 0.5) is 10.7 Å². The number of ether oxygens (including phenoxy) is 1. The number of rotatable bonds is 16. The van der Waals surface area contributed by atoms with Crippen molar-refractivity contribution in [3.8, 4) is 5.75 Å². The standard InChI is InChI=1S/C38H50N10O6/c1-21-8-27(49)9-22(2)28(21)14-29(44-34(51)31(53-37(40)52)4-3-6-48-7-5-42-36(48)39)33(50)45-30(13-26-19-41-20-43-26)35-46-32(47-54-35)18-38-15-23-10-24(16-38)12-25(11-23)17-38/h5,7-9,19-20,23-25,29-31,49H,3-4,6,10-18H2,1-2H3,(H2,39,42)(H2,40,52)(H,41,43)(H,44,51)(H,45,50)/t23?,24?,25?,29?,30-,31?,38?/m0/s1. The maximum Gasteiger partial charge on any atom is 0.405 e. The van der Waals surface area contributed by atoms with Gasteiger partial charge in [-0.3, -0.25) is 9.59 Å². The Labute approximate surface area is 313 Å². The Morgan fingerprint density at radius 3 is 2.39 bits per heavy atom. The molecule has 0 radical (unpaired) electrons. The molecule has 4 aliphatic carbocycles. The van der Waals surface area contributed by atoms with Gasteiger partial charge in [-0.2, -0.15) is 4.98 Å². The van der Waals surface area contributed by atoms with E-state index >= 15 is 0 Å². The fourth-order valence-electron chi connectivity index (χ4n) is 9.74. The number of hydrogen-bond acceptors (Lipinski definition) is 11. The van der Waals surface area contributed by atoms with E-state index in [9.17, 15) is 19.5 Å². The van der Waals surface area contributed by atoms with Crippen LogP contribution in [0.3, 0.4) is 0 Å². The molecule has 4 fully saturated rings. The highest BCUT2D eigenvalue weighted by Gasteiger charge is 2.51. The number of anilines is 1. The molecular weight excluding hydrogens is 692 g/mol. The summed E-state index contributed by atoms with van der Waals surface area (Å²) in [6.45, 7) is 4.06. The van der Waals surface area contributed by atoms with E-state index in [0.717, 1.165) is 46.6 Å². The van der Waals surface area contributed by atoms with Gasteiger partial charge in [-0.15, -0.1) is 0 Å². The first kappa shape index (κ1) is 36.9. The zero-order chi connectivity index (χ0) is 38.0. The summed E-state index contributed by atoms with van der Waals surface area (Å²) in [5.41, 5.74) is 14.4. The van der Waals surface area contributed by atoms with E-state index in [1.54, 1.807) is 41.6 Å². The van der Waals surface area contributed by atoms with Crippen molar-refractivity contribution < 1.29 is 28.8 Å². The number of aromatic amines is 1. The third-order valence-electron chi connectivity index (χ3n) is 11.7. The highest BCUT2D eigenvalue weighted by Crippen LogP contribution is 2.60. The number of primary amides is 1. The van der Waals surface area contributed by atoms with Crippen LogP contribution in [0.1, 0.15) is 91.5 Å². The van der Waals surface area contributed by atoms with Gasteiger partial charge in [0.2, 0.25) is 11.8 Å². The second kappa shape index (κ2) is 15.5. The van der Waals surface area contributed by atoms with Gasteiger partial charge in [-0.05, 0) is 117 Å². The summed E-state index contributed by atoms with van der Waals surface area (Å²) in [4.78, 5) is 56.2. The monoisotopic (exact) mass is 742 g/mol. The fraction of sp³-hybridized carbons (Fsp3) is 0.553. The minimum absolute atomic E-state index is 0.0717. The summed E-state index contributed by atoms with van der Waals surface area (Å²) in [7, 11) is 0. The van der Waals surface area contributed by atoms with Gasteiger partial charge in [0.1, 0.15) is 17.8 Å². The van der Waals surface area contributed by atoms with E-state index in [4.69, 9.17) is 25.7 Å². The average molecular weight is 743 g/mol. The summed E-state index contributed by atoms with van der Waals surface area (Å²) in [6.07, 6.45) is 13.3. The number of phenols is 1. The van der Waals surface area contributed by atoms with E-state index < -0.39 is 36.1 Å². The summed E-state index contributed by atoms with van der Waals surface area (Å²) < 4.78 is 12.8. The molecule has 4 bridgehead atoms. The Balaban J connectivity index is 1.11. The van der Waals surface area contributed by atoms with Crippen molar-refractivity contribution in [2.45, 2.75) is 109 Å². The zero-order valence-electron chi connectivity index (χ0n) is 30.8. The Kier molecular flexibility index (Phi) is 10.6. The largest absolute Gasteiger partial charge is 0.508 e. The molecule has 3 amide bonds. The molecule has 3 aromatic heterocycles. The van der Waals surface area contributed by atoms with Crippen molar-refractivity contribution in [3.05, 3.63) is 71.1 Å². The van der Waals surface area contributed by atoms with E-state index in [-0.39, 0.29) is 36.3 Å². The number of aromatic hydroxyl groups is 1.